The van der Waals surface area contributed by atoms with Crippen LogP contribution in [-0.2, 0) is 27.3 Å². The van der Waals surface area contributed by atoms with Gasteiger partial charge in [-0.1, -0.05) is 54.4 Å². The SMILES string of the molecule is Cc1ccc(-c2nc(CO[C@@H]3CCC[C@H](COC(Cc4ccccc4)C(=O)O)C3)c(C)o2)cc1. The summed E-state index contributed by atoms with van der Waals surface area (Å²) in [4.78, 5) is 16.3. The third-order valence-corrected chi connectivity index (χ3v) is 6.45. The summed E-state index contributed by atoms with van der Waals surface area (Å²) in [6, 6.07) is 17.7. The summed E-state index contributed by atoms with van der Waals surface area (Å²) < 4.78 is 17.9. The number of hydrogen-bond acceptors (Lipinski definition) is 5. The Morgan fingerprint density at radius 2 is 1.88 bits per heavy atom. The van der Waals surface area contributed by atoms with Crippen molar-refractivity contribution in [3.05, 3.63) is 77.2 Å². The zero-order valence-electron chi connectivity index (χ0n) is 19.9. The lowest BCUT2D eigenvalue weighted by molar-refractivity contribution is -0.151. The molecule has 1 unspecified atom stereocenters. The summed E-state index contributed by atoms with van der Waals surface area (Å²) in [5.74, 6) is 0.761. The minimum absolute atomic E-state index is 0.110. The van der Waals surface area contributed by atoms with Crippen molar-refractivity contribution >= 4 is 5.97 Å². The average Bonchev–Trinajstić information content (AvgIpc) is 3.22. The third kappa shape index (κ3) is 6.55. The molecule has 4 rings (SSSR count). The molecule has 2 aromatic carbocycles. The van der Waals surface area contributed by atoms with Crippen molar-refractivity contribution in [1.82, 2.24) is 4.98 Å². The standard InChI is InChI=1S/C28H33NO5/c1-19-11-13-23(14-12-19)27-29-25(20(2)34-27)18-32-24-10-6-9-22(15-24)17-33-26(28(30)31)16-21-7-4-3-5-8-21/h3-5,7-8,11-14,22,24,26H,6,9-10,15-18H2,1-2H3,(H,30,31)/t22-,24+,26?/m0/s1. The Morgan fingerprint density at radius 3 is 2.62 bits per heavy atom. The summed E-state index contributed by atoms with van der Waals surface area (Å²) in [6.45, 7) is 4.81. The van der Waals surface area contributed by atoms with Gasteiger partial charge in [-0.25, -0.2) is 9.78 Å². The Labute approximate surface area is 200 Å². The Bertz CT molecular complexity index is 1060. The molecule has 180 valence electrons. The number of carboxylic acid groups (broad SMARTS) is 1. The summed E-state index contributed by atoms with van der Waals surface area (Å²) in [5, 5.41) is 9.58. The van der Waals surface area contributed by atoms with Gasteiger partial charge in [-0.2, -0.15) is 0 Å². The average molecular weight is 464 g/mol. The molecule has 1 aliphatic carbocycles. The van der Waals surface area contributed by atoms with Crippen LogP contribution in [0, 0.1) is 19.8 Å². The molecule has 6 heteroatoms. The Morgan fingerprint density at radius 1 is 1.12 bits per heavy atom. The van der Waals surface area contributed by atoms with Gasteiger partial charge in [-0.05, 0) is 56.7 Å². The molecule has 1 aromatic heterocycles. The van der Waals surface area contributed by atoms with Crippen LogP contribution in [0.25, 0.3) is 11.5 Å². The number of aryl methyl sites for hydroxylation is 2. The lowest BCUT2D eigenvalue weighted by atomic mass is 9.87. The van der Waals surface area contributed by atoms with Gasteiger partial charge in [0, 0.05) is 12.0 Å². The molecule has 0 bridgehead atoms. The van der Waals surface area contributed by atoms with Gasteiger partial charge in [0.05, 0.1) is 19.3 Å². The fourth-order valence-electron chi connectivity index (χ4n) is 4.42. The first-order valence-corrected chi connectivity index (χ1v) is 12.0. The quantitative estimate of drug-likeness (QED) is 0.412. The van der Waals surface area contributed by atoms with Crippen LogP contribution in [0.5, 0.6) is 0 Å². The summed E-state index contributed by atoms with van der Waals surface area (Å²) >= 11 is 0. The number of hydrogen-bond donors (Lipinski definition) is 1. The van der Waals surface area contributed by atoms with E-state index in [1.807, 2.05) is 61.5 Å². The number of carbonyl (C=O) groups is 1. The van der Waals surface area contributed by atoms with E-state index in [0.29, 0.717) is 25.5 Å². The number of oxazole rings is 1. The second-order valence-corrected chi connectivity index (χ2v) is 9.20. The van der Waals surface area contributed by atoms with Crippen molar-refractivity contribution < 1.29 is 23.8 Å². The van der Waals surface area contributed by atoms with E-state index in [0.717, 1.165) is 48.3 Å². The van der Waals surface area contributed by atoms with Crippen molar-refractivity contribution in [1.29, 1.82) is 0 Å². The molecule has 1 heterocycles. The minimum atomic E-state index is -0.918. The molecule has 0 aliphatic heterocycles. The van der Waals surface area contributed by atoms with Crippen molar-refractivity contribution in [3.63, 3.8) is 0 Å². The summed E-state index contributed by atoms with van der Waals surface area (Å²) in [7, 11) is 0. The highest BCUT2D eigenvalue weighted by atomic mass is 16.5. The van der Waals surface area contributed by atoms with E-state index in [4.69, 9.17) is 13.9 Å². The lowest BCUT2D eigenvalue weighted by Gasteiger charge is -2.29. The van der Waals surface area contributed by atoms with Gasteiger partial charge >= 0.3 is 5.97 Å². The van der Waals surface area contributed by atoms with Gasteiger partial charge in [0.25, 0.3) is 0 Å². The second kappa shape index (κ2) is 11.4. The van der Waals surface area contributed by atoms with Crippen LogP contribution in [0.15, 0.2) is 59.0 Å². The highest BCUT2D eigenvalue weighted by molar-refractivity contribution is 5.72. The van der Waals surface area contributed by atoms with Gasteiger partial charge in [0.15, 0.2) is 6.10 Å². The molecule has 0 radical (unpaired) electrons. The first kappa shape index (κ1) is 24.2. The van der Waals surface area contributed by atoms with E-state index in [9.17, 15) is 9.90 Å². The van der Waals surface area contributed by atoms with Crippen molar-refractivity contribution in [3.8, 4) is 11.5 Å². The molecule has 6 nitrogen and oxygen atoms in total. The number of rotatable bonds is 10. The topological polar surface area (TPSA) is 81.8 Å². The Hall–Kier alpha value is -2.96. The maximum absolute atomic E-state index is 11.7. The van der Waals surface area contributed by atoms with Crippen LogP contribution in [0.4, 0.5) is 0 Å². The summed E-state index contributed by atoms with van der Waals surface area (Å²) in [6.07, 6.45) is 3.57. The van der Waals surface area contributed by atoms with Crippen molar-refractivity contribution in [2.75, 3.05) is 6.61 Å². The third-order valence-electron chi connectivity index (χ3n) is 6.45. The molecule has 0 spiro atoms. The summed E-state index contributed by atoms with van der Waals surface area (Å²) in [5.41, 5.74) is 3.94. The van der Waals surface area contributed by atoms with Crippen LogP contribution in [0.3, 0.4) is 0 Å². The van der Waals surface area contributed by atoms with Crippen molar-refractivity contribution in [2.24, 2.45) is 5.92 Å². The molecule has 1 saturated carbocycles. The number of carboxylic acids is 1. The fourth-order valence-corrected chi connectivity index (χ4v) is 4.42. The van der Waals surface area contributed by atoms with E-state index >= 15 is 0 Å². The number of nitrogens with zero attached hydrogens (tertiary/aromatic N) is 1. The molecule has 0 saturated heterocycles. The zero-order chi connectivity index (χ0) is 23.9. The predicted octanol–water partition coefficient (Wildman–Crippen LogP) is 5.75. The molecular formula is C28H33NO5. The highest BCUT2D eigenvalue weighted by Crippen LogP contribution is 2.29. The molecule has 1 aliphatic rings. The molecular weight excluding hydrogens is 430 g/mol. The maximum atomic E-state index is 11.7. The number of aromatic nitrogens is 1. The first-order chi connectivity index (χ1) is 16.5. The largest absolute Gasteiger partial charge is 0.479 e. The molecule has 1 N–H and O–H groups in total. The van der Waals surface area contributed by atoms with Gasteiger partial charge in [-0.15, -0.1) is 0 Å². The number of benzene rings is 2. The minimum Gasteiger partial charge on any atom is -0.479 e. The molecule has 3 aromatic rings. The second-order valence-electron chi connectivity index (χ2n) is 9.20. The van der Waals surface area contributed by atoms with Crippen LogP contribution in [0.1, 0.15) is 48.3 Å². The predicted molar refractivity (Wildman–Crippen MR) is 129 cm³/mol. The smallest absolute Gasteiger partial charge is 0.333 e. The Balaban J connectivity index is 1.28. The van der Waals surface area contributed by atoms with Gasteiger partial charge in [-0.3, -0.25) is 0 Å². The van der Waals surface area contributed by atoms with Crippen LogP contribution in [0.2, 0.25) is 0 Å². The monoisotopic (exact) mass is 463 g/mol. The highest BCUT2D eigenvalue weighted by Gasteiger charge is 2.26. The van der Waals surface area contributed by atoms with Gasteiger partial charge in [0.1, 0.15) is 11.5 Å². The van der Waals surface area contributed by atoms with Gasteiger partial charge in [0.2, 0.25) is 5.89 Å². The molecule has 34 heavy (non-hydrogen) atoms. The van der Waals surface area contributed by atoms with E-state index < -0.39 is 12.1 Å². The molecule has 3 atom stereocenters. The molecule has 1 fully saturated rings. The van der Waals surface area contributed by atoms with Crippen LogP contribution in [-0.4, -0.2) is 34.9 Å². The fraction of sp³-hybridized carbons (Fsp3) is 0.429. The van der Waals surface area contributed by atoms with E-state index in [-0.39, 0.29) is 12.0 Å². The van der Waals surface area contributed by atoms with Crippen LogP contribution < -0.4 is 0 Å². The van der Waals surface area contributed by atoms with E-state index in [1.54, 1.807) is 0 Å². The van der Waals surface area contributed by atoms with Gasteiger partial charge < -0.3 is 19.0 Å². The van der Waals surface area contributed by atoms with E-state index in [2.05, 4.69) is 11.9 Å². The van der Waals surface area contributed by atoms with Crippen molar-refractivity contribution in [2.45, 2.75) is 64.8 Å². The molecule has 0 amide bonds. The Kier molecular flexibility index (Phi) is 8.14. The number of aliphatic carboxylic acids is 1. The normalized spacial score (nSPS) is 19.1. The van der Waals surface area contributed by atoms with Crippen LogP contribution >= 0.6 is 0 Å². The number of ether oxygens (including phenoxy) is 2. The lowest BCUT2D eigenvalue weighted by Crippen LogP contribution is -2.31. The first-order valence-electron chi connectivity index (χ1n) is 12.0. The maximum Gasteiger partial charge on any atom is 0.333 e. The zero-order valence-corrected chi connectivity index (χ0v) is 19.9. The van der Waals surface area contributed by atoms with E-state index in [1.165, 1.54) is 5.56 Å².